The fourth-order valence-corrected chi connectivity index (χ4v) is 2.74. The summed E-state index contributed by atoms with van der Waals surface area (Å²) in [5.41, 5.74) is 0.362. The zero-order chi connectivity index (χ0) is 13.2. The first-order chi connectivity index (χ1) is 8.56. The van der Waals surface area contributed by atoms with Gasteiger partial charge in [0.2, 0.25) is 0 Å². The molecular formula is C13H14BrF2NO. The summed E-state index contributed by atoms with van der Waals surface area (Å²) >= 11 is 3.39. The number of amides is 1. The molecule has 98 valence electrons. The van der Waals surface area contributed by atoms with E-state index in [1.807, 2.05) is 0 Å². The summed E-state index contributed by atoms with van der Waals surface area (Å²) in [7, 11) is 0. The molecule has 1 aliphatic carbocycles. The van der Waals surface area contributed by atoms with E-state index in [1.54, 1.807) is 0 Å². The van der Waals surface area contributed by atoms with Crippen LogP contribution in [0.1, 0.15) is 29.6 Å². The van der Waals surface area contributed by atoms with Crippen molar-refractivity contribution in [3.63, 3.8) is 0 Å². The Hall–Kier alpha value is -0.970. The van der Waals surface area contributed by atoms with E-state index in [2.05, 4.69) is 21.2 Å². The molecule has 1 aromatic rings. The minimum absolute atomic E-state index is 0.156. The first kappa shape index (κ1) is 13.5. The number of rotatable bonds is 5. The molecule has 0 atom stereocenters. The molecule has 0 radical (unpaired) electrons. The van der Waals surface area contributed by atoms with Gasteiger partial charge in [0, 0.05) is 17.4 Å². The summed E-state index contributed by atoms with van der Waals surface area (Å²) in [6.45, 7) is 0.594. The molecule has 0 spiro atoms. The Bertz CT molecular complexity index is 460. The quantitative estimate of drug-likeness (QED) is 0.830. The lowest BCUT2D eigenvalue weighted by molar-refractivity contribution is 0.0944. The molecule has 0 bridgehead atoms. The van der Waals surface area contributed by atoms with Crippen molar-refractivity contribution in [1.82, 2.24) is 5.32 Å². The highest BCUT2D eigenvalue weighted by Gasteiger charge is 2.41. The first-order valence-corrected chi connectivity index (χ1v) is 6.98. The molecule has 18 heavy (non-hydrogen) atoms. The Morgan fingerprint density at radius 2 is 2.06 bits per heavy atom. The maximum absolute atomic E-state index is 13.0. The minimum Gasteiger partial charge on any atom is -0.351 e. The van der Waals surface area contributed by atoms with Gasteiger partial charge in [0.1, 0.15) is 0 Å². The summed E-state index contributed by atoms with van der Waals surface area (Å²) in [6, 6.07) is 3.18. The Kier molecular flexibility index (Phi) is 4.00. The van der Waals surface area contributed by atoms with Crippen LogP contribution in [-0.4, -0.2) is 17.8 Å². The van der Waals surface area contributed by atoms with Crippen LogP contribution < -0.4 is 5.32 Å². The van der Waals surface area contributed by atoms with Crippen molar-refractivity contribution in [2.75, 3.05) is 11.9 Å². The van der Waals surface area contributed by atoms with Gasteiger partial charge in [-0.25, -0.2) is 8.78 Å². The summed E-state index contributed by atoms with van der Waals surface area (Å²) in [5, 5.41) is 3.70. The number of hydrogen-bond donors (Lipinski definition) is 1. The van der Waals surface area contributed by atoms with E-state index in [0.29, 0.717) is 6.54 Å². The maximum atomic E-state index is 13.0. The van der Waals surface area contributed by atoms with Crippen LogP contribution in [-0.2, 0) is 0 Å². The van der Waals surface area contributed by atoms with Gasteiger partial charge >= 0.3 is 0 Å². The second-order valence-electron chi connectivity index (χ2n) is 4.75. The number of halogens is 3. The van der Waals surface area contributed by atoms with E-state index in [9.17, 15) is 13.6 Å². The van der Waals surface area contributed by atoms with Crippen molar-refractivity contribution in [3.8, 4) is 0 Å². The van der Waals surface area contributed by atoms with E-state index in [1.165, 1.54) is 6.07 Å². The number of carbonyl (C=O) groups is 1. The van der Waals surface area contributed by atoms with E-state index in [4.69, 9.17) is 0 Å². The molecule has 0 saturated heterocycles. The zero-order valence-electron chi connectivity index (χ0n) is 9.81. The molecule has 2 rings (SSSR count). The molecule has 1 aromatic carbocycles. The van der Waals surface area contributed by atoms with Gasteiger partial charge in [-0.2, -0.15) is 0 Å². The topological polar surface area (TPSA) is 29.1 Å². The molecular weight excluding hydrogens is 304 g/mol. The fourth-order valence-electron chi connectivity index (χ4n) is 1.90. The molecule has 1 fully saturated rings. The Morgan fingerprint density at radius 3 is 2.61 bits per heavy atom. The van der Waals surface area contributed by atoms with Crippen molar-refractivity contribution in [1.29, 1.82) is 0 Å². The summed E-state index contributed by atoms with van der Waals surface area (Å²) in [5.74, 6) is -2.29. The van der Waals surface area contributed by atoms with Gasteiger partial charge in [-0.3, -0.25) is 4.79 Å². The minimum atomic E-state index is -0.996. The van der Waals surface area contributed by atoms with E-state index in [0.717, 1.165) is 36.7 Å². The summed E-state index contributed by atoms with van der Waals surface area (Å²) in [6.07, 6.45) is 3.23. The number of hydrogen-bond acceptors (Lipinski definition) is 1. The van der Waals surface area contributed by atoms with Crippen LogP contribution in [0.15, 0.2) is 18.2 Å². The van der Waals surface area contributed by atoms with E-state index >= 15 is 0 Å². The van der Waals surface area contributed by atoms with Gasteiger partial charge in [0.05, 0.1) is 0 Å². The van der Waals surface area contributed by atoms with Gasteiger partial charge in [-0.05, 0) is 42.9 Å². The van der Waals surface area contributed by atoms with Crippen LogP contribution in [0, 0.1) is 17.0 Å². The van der Waals surface area contributed by atoms with Crippen LogP contribution in [0.4, 0.5) is 8.78 Å². The number of nitrogens with one attached hydrogen (secondary N) is 1. The second kappa shape index (κ2) is 5.34. The average molecular weight is 318 g/mol. The fraction of sp³-hybridized carbons (Fsp3) is 0.462. The Morgan fingerprint density at radius 1 is 1.33 bits per heavy atom. The Labute approximate surface area is 113 Å². The SMILES string of the molecule is O=C(NCC1(CCBr)CC1)c1ccc(F)c(F)c1. The monoisotopic (exact) mass is 317 g/mol. The molecule has 1 N–H and O–H groups in total. The van der Waals surface area contributed by atoms with Gasteiger partial charge in [-0.1, -0.05) is 15.9 Å². The highest BCUT2D eigenvalue weighted by atomic mass is 79.9. The molecule has 5 heteroatoms. The molecule has 0 aromatic heterocycles. The van der Waals surface area contributed by atoms with E-state index in [-0.39, 0.29) is 16.9 Å². The van der Waals surface area contributed by atoms with Crippen LogP contribution in [0.5, 0.6) is 0 Å². The molecule has 1 saturated carbocycles. The normalized spacial score (nSPS) is 16.4. The average Bonchev–Trinajstić information content (AvgIpc) is 3.11. The van der Waals surface area contributed by atoms with Crippen LogP contribution in [0.2, 0.25) is 0 Å². The van der Waals surface area contributed by atoms with Crippen molar-refractivity contribution in [2.45, 2.75) is 19.3 Å². The van der Waals surface area contributed by atoms with Crippen molar-refractivity contribution in [2.24, 2.45) is 5.41 Å². The predicted octanol–water partition coefficient (Wildman–Crippen LogP) is 3.26. The molecule has 0 unspecified atom stereocenters. The summed E-state index contributed by atoms with van der Waals surface area (Å²) in [4.78, 5) is 11.8. The molecule has 2 nitrogen and oxygen atoms in total. The van der Waals surface area contributed by atoms with Crippen LogP contribution >= 0.6 is 15.9 Å². The molecule has 0 heterocycles. The predicted molar refractivity (Wildman–Crippen MR) is 68.8 cm³/mol. The lowest BCUT2D eigenvalue weighted by Gasteiger charge is -2.14. The van der Waals surface area contributed by atoms with Gasteiger partial charge in [0.25, 0.3) is 5.91 Å². The third-order valence-electron chi connectivity index (χ3n) is 3.39. The van der Waals surface area contributed by atoms with E-state index < -0.39 is 11.6 Å². The third-order valence-corrected chi connectivity index (χ3v) is 3.78. The Balaban J connectivity index is 1.93. The number of benzene rings is 1. The maximum Gasteiger partial charge on any atom is 0.251 e. The van der Waals surface area contributed by atoms with Crippen molar-refractivity contribution in [3.05, 3.63) is 35.4 Å². The van der Waals surface area contributed by atoms with Crippen molar-refractivity contribution < 1.29 is 13.6 Å². The summed E-state index contributed by atoms with van der Waals surface area (Å²) < 4.78 is 25.7. The standard InChI is InChI=1S/C13H14BrF2NO/c14-6-5-13(3-4-13)8-17-12(18)9-1-2-10(15)11(16)7-9/h1-2,7H,3-6,8H2,(H,17,18). The smallest absolute Gasteiger partial charge is 0.251 e. The molecule has 1 aliphatic rings. The third kappa shape index (κ3) is 3.07. The van der Waals surface area contributed by atoms with Gasteiger partial charge in [-0.15, -0.1) is 0 Å². The van der Waals surface area contributed by atoms with Crippen molar-refractivity contribution >= 4 is 21.8 Å². The van der Waals surface area contributed by atoms with Crippen LogP contribution in [0.25, 0.3) is 0 Å². The lowest BCUT2D eigenvalue weighted by Crippen LogP contribution is -2.30. The largest absolute Gasteiger partial charge is 0.351 e. The first-order valence-electron chi connectivity index (χ1n) is 5.86. The molecule has 0 aliphatic heterocycles. The number of alkyl halides is 1. The highest BCUT2D eigenvalue weighted by Crippen LogP contribution is 2.48. The van der Waals surface area contributed by atoms with Gasteiger partial charge < -0.3 is 5.32 Å². The second-order valence-corrected chi connectivity index (χ2v) is 5.54. The van der Waals surface area contributed by atoms with Crippen LogP contribution in [0.3, 0.4) is 0 Å². The number of carbonyl (C=O) groups excluding carboxylic acids is 1. The van der Waals surface area contributed by atoms with Gasteiger partial charge in [0.15, 0.2) is 11.6 Å². The highest BCUT2D eigenvalue weighted by molar-refractivity contribution is 9.09. The zero-order valence-corrected chi connectivity index (χ0v) is 11.4. The molecule has 1 amide bonds. The lowest BCUT2D eigenvalue weighted by atomic mass is 10.0.